The molecule has 0 radical (unpaired) electrons. The molecule has 1 aliphatic rings. The second-order valence-corrected chi connectivity index (χ2v) is 8.94. The maximum atomic E-state index is 12.0. The summed E-state index contributed by atoms with van der Waals surface area (Å²) in [6.45, 7) is 7.66. The van der Waals surface area contributed by atoms with Crippen molar-refractivity contribution in [3.8, 4) is 0 Å². The first-order valence-electron chi connectivity index (χ1n) is 10.4. The number of aromatic nitrogens is 3. The molecule has 0 unspecified atom stereocenters. The molecule has 0 amide bonds. The number of fused-ring (bicyclic) bond motifs is 1. The predicted octanol–water partition coefficient (Wildman–Crippen LogP) is 4.89. The minimum Gasteiger partial charge on any atom is -0.380 e. The van der Waals surface area contributed by atoms with Gasteiger partial charge >= 0.3 is 0 Å². The number of ketones is 1. The van der Waals surface area contributed by atoms with Crippen molar-refractivity contribution in [2.24, 2.45) is 5.41 Å². The fourth-order valence-corrected chi connectivity index (χ4v) is 3.48. The molecule has 5 nitrogen and oxygen atoms in total. The van der Waals surface area contributed by atoms with Crippen molar-refractivity contribution in [2.45, 2.75) is 78.2 Å². The van der Waals surface area contributed by atoms with E-state index >= 15 is 0 Å². The van der Waals surface area contributed by atoms with Gasteiger partial charge in [0.05, 0.1) is 13.2 Å². The second-order valence-electron chi connectivity index (χ2n) is 8.94. The second kappa shape index (κ2) is 8.96. The van der Waals surface area contributed by atoms with Gasteiger partial charge in [-0.15, -0.1) is 0 Å². The zero-order valence-electron chi connectivity index (χ0n) is 17.0. The number of hydrogen-bond donors (Lipinski definition) is 0. The van der Waals surface area contributed by atoms with E-state index in [0.29, 0.717) is 37.9 Å². The first kappa shape index (κ1) is 20.0. The van der Waals surface area contributed by atoms with Crippen LogP contribution in [0.3, 0.4) is 0 Å². The molecule has 0 bridgehead atoms. The monoisotopic (exact) mass is 371 g/mol. The van der Waals surface area contributed by atoms with Gasteiger partial charge in [0, 0.05) is 31.5 Å². The average molecular weight is 372 g/mol. The topological polar surface area (TPSA) is 57.0 Å². The number of nitrogens with zero attached hydrogens (tertiary/aromatic N) is 3. The number of carbonyl (C=O) groups excluding carboxylic acids is 1. The molecule has 0 spiro atoms. The number of rotatable bonds is 10. The molecule has 5 heteroatoms. The molecule has 148 valence electrons. The quantitative estimate of drug-likeness (QED) is 0.558. The normalized spacial score (nSPS) is 15.2. The summed E-state index contributed by atoms with van der Waals surface area (Å²) in [4.78, 5) is 21.4. The number of carbonyl (C=O) groups is 1. The van der Waals surface area contributed by atoms with Crippen LogP contribution in [0.4, 0.5) is 0 Å². The van der Waals surface area contributed by atoms with Crippen molar-refractivity contribution in [1.82, 2.24) is 14.5 Å². The van der Waals surface area contributed by atoms with Crippen LogP contribution in [0.1, 0.15) is 77.6 Å². The summed E-state index contributed by atoms with van der Waals surface area (Å²) in [6.07, 6.45) is 9.59. The molecule has 3 rings (SSSR count). The molecule has 1 aliphatic carbocycles. The van der Waals surface area contributed by atoms with E-state index in [0.717, 1.165) is 36.3 Å². The standard InChI is InChI=1S/C22H33N3O2/c1-22(2,3)16-27-15-13-18(26)10-4-5-12-20-24-19-11-7-14-23-21(19)25(20)17-8-6-9-17/h7,11,14,17H,4-6,8-10,12-13,15-16H2,1-3H3. The highest BCUT2D eigenvalue weighted by molar-refractivity contribution is 5.78. The molecule has 0 aromatic carbocycles. The van der Waals surface area contributed by atoms with E-state index in [-0.39, 0.29) is 5.41 Å². The number of pyridine rings is 1. The molecule has 0 aliphatic heterocycles. The number of Topliss-reactive ketones (excluding diaryl/α,β-unsaturated/α-hetero) is 1. The predicted molar refractivity (Wildman–Crippen MR) is 108 cm³/mol. The molecule has 1 fully saturated rings. The van der Waals surface area contributed by atoms with E-state index in [4.69, 9.17) is 9.72 Å². The molecule has 1 saturated carbocycles. The Morgan fingerprint density at radius 1 is 1.26 bits per heavy atom. The summed E-state index contributed by atoms with van der Waals surface area (Å²) in [5.74, 6) is 1.44. The van der Waals surface area contributed by atoms with Gasteiger partial charge in [0.25, 0.3) is 0 Å². The van der Waals surface area contributed by atoms with Gasteiger partial charge in [0.2, 0.25) is 0 Å². The maximum absolute atomic E-state index is 12.0. The molecular formula is C22H33N3O2. The third kappa shape index (κ3) is 5.61. The molecule has 2 heterocycles. The minimum absolute atomic E-state index is 0.157. The number of unbranched alkanes of at least 4 members (excludes halogenated alkanes) is 1. The molecule has 2 aromatic heterocycles. The molecular weight excluding hydrogens is 338 g/mol. The van der Waals surface area contributed by atoms with Crippen LogP contribution in [-0.2, 0) is 16.0 Å². The highest BCUT2D eigenvalue weighted by Gasteiger charge is 2.24. The van der Waals surface area contributed by atoms with Gasteiger partial charge in [-0.1, -0.05) is 20.8 Å². The van der Waals surface area contributed by atoms with E-state index in [2.05, 4.69) is 30.3 Å². The Labute approximate surface area is 162 Å². The average Bonchev–Trinajstić information content (AvgIpc) is 2.92. The maximum Gasteiger partial charge on any atom is 0.160 e. The van der Waals surface area contributed by atoms with E-state index in [1.807, 2.05) is 18.3 Å². The number of ether oxygens (including phenoxy) is 1. The summed E-state index contributed by atoms with van der Waals surface area (Å²) in [7, 11) is 0. The summed E-state index contributed by atoms with van der Waals surface area (Å²) < 4.78 is 7.95. The minimum atomic E-state index is 0.157. The van der Waals surface area contributed by atoms with Crippen LogP contribution < -0.4 is 0 Å². The molecule has 2 aromatic rings. The lowest BCUT2D eigenvalue weighted by Gasteiger charge is -2.28. The Kier molecular flexibility index (Phi) is 6.64. The number of hydrogen-bond acceptors (Lipinski definition) is 4. The SMILES string of the molecule is CC(C)(C)COCCC(=O)CCCCc1nc2cccnc2n1C1CCC1. The first-order chi connectivity index (χ1) is 12.9. The molecule has 0 saturated heterocycles. The number of imidazole rings is 1. The smallest absolute Gasteiger partial charge is 0.160 e. The highest BCUT2D eigenvalue weighted by Crippen LogP contribution is 2.35. The van der Waals surface area contributed by atoms with Gasteiger partial charge in [-0.3, -0.25) is 4.79 Å². The van der Waals surface area contributed by atoms with Gasteiger partial charge in [-0.05, 0) is 49.7 Å². The van der Waals surface area contributed by atoms with Crippen molar-refractivity contribution >= 4 is 16.9 Å². The lowest BCUT2D eigenvalue weighted by Crippen LogP contribution is -2.19. The summed E-state index contributed by atoms with van der Waals surface area (Å²) >= 11 is 0. The molecule has 0 N–H and O–H groups in total. The van der Waals surface area contributed by atoms with Gasteiger partial charge < -0.3 is 9.30 Å². The van der Waals surface area contributed by atoms with E-state index in [1.54, 1.807) is 0 Å². The summed E-state index contributed by atoms with van der Waals surface area (Å²) in [5, 5.41) is 0. The third-order valence-electron chi connectivity index (χ3n) is 5.13. The van der Waals surface area contributed by atoms with Crippen LogP contribution >= 0.6 is 0 Å². The lowest BCUT2D eigenvalue weighted by molar-refractivity contribution is -0.120. The van der Waals surface area contributed by atoms with Crippen molar-refractivity contribution in [1.29, 1.82) is 0 Å². The molecule has 27 heavy (non-hydrogen) atoms. The van der Waals surface area contributed by atoms with Crippen LogP contribution in [0, 0.1) is 5.41 Å². The Balaban J connectivity index is 1.43. The fraction of sp³-hybridized carbons (Fsp3) is 0.682. The Bertz CT molecular complexity index is 756. The van der Waals surface area contributed by atoms with Gasteiger partial charge in [0.15, 0.2) is 5.65 Å². The van der Waals surface area contributed by atoms with Crippen LogP contribution in [0.5, 0.6) is 0 Å². The Morgan fingerprint density at radius 3 is 2.78 bits per heavy atom. The van der Waals surface area contributed by atoms with Crippen molar-refractivity contribution in [3.05, 3.63) is 24.2 Å². The Hall–Kier alpha value is -1.75. The van der Waals surface area contributed by atoms with Gasteiger partial charge in [-0.2, -0.15) is 0 Å². The van der Waals surface area contributed by atoms with E-state index < -0.39 is 0 Å². The lowest BCUT2D eigenvalue weighted by atomic mass is 9.92. The van der Waals surface area contributed by atoms with Crippen molar-refractivity contribution in [3.63, 3.8) is 0 Å². The van der Waals surface area contributed by atoms with E-state index in [1.165, 1.54) is 19.3 Å². The van der Waals surface area contributed by atoms with E-state index in [9.17, 15) is 4.79 Å². The summed E-state index contributed by atoms with van der Waals surface area (Å²) in [5.41, 5.74) is 2.17. The van der Waals surface area contributed by atoms with Crippen molar-refractivity contribution in [2.75, 3.05) is 13.2 Å². The molecule has 0 atom stereocenters. The van der Waals surface area contributed by atoms with Gasteiger partial charge in [-0.25, -0.2) is 9.97 Å². The zero-order chi connectivity index (χ0) is 19.3. The summed E-state index contributed by atoms with van der Waals surface area (Å²) in [6, 6.07) is 4.55. The van der Waals surface area contributed by atoms with Crippen molar-refractivity contribution < 1.29 is 9.53 Å². The number of aryl methyl sites for hydroxylation is 1. The fourth-order valence-electron chi connectivity index (χ4n) is 3.48. The van der Waals surface area contributed by atoms with Crippen LogP contribution in [-0.4, -0.2) is 33.5 Å². The van der Waals surface area contributed by atoms with Crippen LogP contribution in [0.2, 0.25) is 0 Å². The largest absolute Gasteiger partial charge is 0.380 e. The zero-order valence-corrected chi connectivity index (χ0v) is 17.0. The van der Waals surface area contributed by atoms with Crippen LogP contribution in [0.15, 0.2) is 18.3 Å². The Morgan fingerprint density at radius 2 is 2.07 bits per heavy atom. The highest BCUT2D eigenvalue weighted by atomic mass is 16.5. The van der Waals surface area contributed by atoms with Gasteiger partial charge in [0.1, 0.15) is 17.1 Å². The third-order valence-corrected chi connectivity index (χ3v) is 5.13. The first-order valence-corrected chi connectivity index (χ1v) is 10.4. The van der Waals surface area contributed by atoms with Crippen LogP contribution in [0.25, 0.3) is 11.2 Å².